The summed E-state index contributed by atoms with van der Waals surface area (Å²) in [5.74, 6) is 1.21. The van der Waals surface area contributed by atoms with Crippen molar-refractivity contribution in [3.63, 3.8) is 0 Å². The minimum absolute atomic E-state index is 0.371. The Hall–Kier alpha value is -1.46. The van der Waals surface area contributed by atoms with Gasteiger partial charge in [-0.15, -0.1) is 0 Å². The van der Waals surface area contributed by atoms with Crippen LogP contribution in [0.3, 0.4) is 0 Å². The molecule has 0 saturated heterocycles. The van der Waals surface area contributed by atoms with Crippen LogP contribution in [0.25, 0.3) is 0 Å². The van der Waals surface area contributed by atoms with Crippen LogP contribution in [-0.4, -0.2) is 26.4 Å². The highest BCUT2D eigenvalue weighted by Crippen LogP contribution is 2.37. The van der Waals surface area contributed by atoms with Gasteiger partial charge in [-0.25, -0.2) is 0 Å². The first-order valence-corrected chi connectivity index (χ1v) is 11.0. The number of hydrogen-bond acceptors (Lipinski definition) is 4. The van der Waals surface area contributed by atoms with Gasteiger partial charge in [-0.3, -0.25) is 0 Å². The Morgan fingerprint density at radius 1 is 0.931 bits per heavy atom. The molecule has 0 aliphatic rings. The summed E-state index contributed by atoms with van der Waals surface area (Å²) in [7, 11) is 0. The topological polar surface area (TPSA) is 39.7 Å². The zero-order valence-electron chi connectivity index (χ0n) is 17.3. The maximum absolute atomic E-state index is 6.50. The van der Waals surface area contributed by atoms with Gasteiger partial charge in [-0.1, -0.05) is 48.7 Å². The standard InChI is InChI=1S/C23H31Cl2NO3/c1-3-5-11-27-12-7-10-26-16-19-14-21(25)23(22(15-19)28-4-2)29-17-18-8-6-9-20(24)13-18/h6,8-9,13-15,26H,3-5,7,10-12,16-17H2,1-2H3. The second-order valence-electron chi connectivity index (χ2n) is 6.75. The van der Waals surface area contributed by atoms with E-state index in [1.165, 1.54) is 6.42 Å². The number of halogens is 2. The van der Waals surface area contributed by atoms with Gasteiger partial charge in [0.15, 0.2) is 11.5 Å². The molecule has 4 nitrogen and oxygen atoms in total. The molecule has 0 atom stereocenters. The maximum atomic E-state index is 6.50. The number of unbranched alkanes of at least 4 members (excludes halogenated alkanes) is 1. The van der Waals surface area contributed by atoms with Gasteiger partial charge >= 0.3 is 0 Å². The molecule has 0 aromatic heterocycles. The van der Waals surface area contributed by atoms with Crippen molar-refractivity contribution < 1.29 is 14.2 Å². The molecule has 0 bridgehead atoms. The van der Waals surface area contributed by atoms with Crippen molar-refractivity contribution >= 4 is 23.2 Å². The highest BCUT2D eigenvalue weighted by atomic mass is 35.5. The molecule has 0 saturated carbocycles. The second kappa shape index (κ2) is 13.7. The molecule has 0 heterocycles. The van der Waals surface area contributed by atoms with Crippen molar-refractivity contribution in [2.24, 2.45) is 0 Å². The average molecular weight is 440 g/mol. The minimum Gasteiger partial charge on any atom is -0.490 e. The lowest BCUT2D eigenvalue weighted by atomic mass is 10.2. The lowest BCUT2D eigenvalue weighted by Crippen LogP contribution is -2.16. The van der Waals surface area contributed by atoms with Crippen LogP contribution in [0.2, 0.25) is 10.0 Å². The number of ether oxygens (including phenoxy) is 3. The van der Waals surface area contributed by atoms with Crippen LogP contribution in [0.15, 0.2) is 36.4 Å². The van der Waals surface area contributed by atoms with E-state index in [1.807, 2.05) is 43.3 Å². The second-order valence-corrected chi connectivity index (χ2v) is 7.60. The molecule has 2 rings (SSSR count). The van der Waals surface area contributed by atoms with Gasteiger partial charge in [0.05, 0.1) is 11.6 Å². The third-order valence-electron chi connectivity index (χ3n) is 4.25. The summed E-state index contributed by atoms with van der Waals surface area (Å²) in [6.07, 6.45) is 3.27. The molecule has 0 amide bonds. The van der Waals surface area contributed by atoms with E-state index in [9.17, 15) is 0 Å². The third-order valence-corrected chi connectivity index (χ3v) is 4.77. The van der Waals surface area contributed by atoms with Crippen LogP contribution < -0.4 is 14.8 Å². The summed E-state index contributed by atoms with van der Waals surface area (Å²) in [5, 5.41) is 4.64. The molecule has 6 heteroatoms. The predicted molar refractivity (Wildman–Crippen MR) is 120 cm³/mol. The molecular formula is C23H31Cl2NO3. The quantitative estimate of drug-likeness (QED) is 0.352. The smallest absolute Gasteiger partial charge is 0.180 e. The van der Waals surface area contributed by atoms with Crippen molar-refractivity contribution in [2.75, 3.05) is 26.4 Å². The van der Waals surface area contributed by atoms with E-state index < -0.39 is 0 Å². The minimum atomic E-state index is 0.371. The predicted octanol–water partition coefficient (Wildman–Crippen LogP) is 6.27. The van der Waals surface area contributed by atoms with Gasteiger partial charge in [0, 0.05) is 24.8 Å². The first-order chi connectivity index (χ1) is 14.1. The van der Waals surface area contributed by atoms with E-state index in [0.717, 1.165) is 43.7 Å². The molecule has 0 unspecified atom stereocenters. The molecule has 2 aromatic carbocycles. The van der Waals surface area contributed by atoms with Crippen LogP contribution in [0.4, 0.5) is 0 Å². The zero-order chi connectivity index (χ0) is 20.9. The Morgan fingerprint density at radius 3 is 2.52 bits per heavy atom. The molecule has 1 N–H and O–H groups in total. The number of rotatable bonds is 14. The Morgan fingerprint density at radius 2 is 1.76 bits per heavy atom. The van der Waals surface area contributed by atoms with E-state index in [0.29, 0.717) is 41.3 Å². The third kappa shape index (κ3) is 8.83. The molecule has 0 aliphatic heterocycles. The number of benzene rings is 2. The molecule has 0 aliphatic carbocycles. The van der Waals surface area contributed by atoms with Crippen LogP contribution in [0.5, 0.6) is 11.5 Å². The van der Waals surface area contributed by atoms with Crippen molar-refractivity contribution in [2.45, 2.75) is 46.3 Å². The fourth-order valence-electron chi connectivity index (χ4n) is 2.79. The highest BCUT2D eigenvalue weighted by molar-refractivity contribution is 6.32. The van der Waals surface area contributed by atoms with Crippen LogP contribution in [0, 0.1) is 0 Å². The van der Waals surface area contributed by atoms with Gasteiger partial charge in [0.1, 0.15) is 6.61 Å². The Labute approximate surface area is 184 Å². The fourth-order valence-corrected chi connectivity index (χ4v) is 3.29. The summed E-state index contributed by atoms with van der Waals surface area (Å²) < 4.78 is 17.3. The Balaban J connectivity index is 1.89. The average Bonchev–Trinajstić information content (AvgIpc) is 2.70. The van der Waals surface area contributed by atoms with Gasteiger partial charge in [0.2, 0.25) is 0 Å². The lowest BCUT2D eigenvalue weighted by molar-refractivity contribution is 0.129. The molecule has 29 heavy (non-hydrogen) atoms. The first kappa shape index (κ1) is 23.8. The molecule has 0 radical (unpaired) electrons. The van der Waals surface area contributed by atoms with E-state index in [-0.39, 0.29) is 0 Å². The molecular weight excluding hydrogens is 409 g/mol. The zero-order valence-corrected chi connectivity index (χ0v) is 18.8. The van der Waals surface area contributed by atoms with Crippen LogP contribution >= 0.6 is 23.2 Å². The Kier molecular flexibility index (Phi) is 11.3. The Bertz CT molecular complexity index is 740. The van der Waals surface area contributed by atoms with Gasteiger partial charge in [-0.05, 0) is 61.7 Å². The lowest BCUT2D eigenvalue weighted by Gasteiger charge is -2.16. The largest absolute Gasteiger partial charge is 0.490 e. The number of nitrogens with one attached hydrogen (secondary N) is 1. The number of hydrogen-bond donors (Lipinski definition) is 1. The normalized spacial score (nSPS) is 10.9. The fraction of sp³-hybridized carbons (Fsp3) is 0.478. The van der Waals surface area contributed by atoms with Crippen LogP contribution in [-0.2, 0) is 17.9 Å². The summed E-state index contributed by atoms with van der Waals surface area (Å²) in [5.41, 5.74) is 2.03. The molecule has 0 spiro atoms. The SMILES string of the molecule is CCCCOCCCNCc1cc(Cl)c(OCc2cccc(Cl)c2)c(OCC)c1. The molecule has 0 fully saturated rings. The van der Waals surface area contributed by atoms with E-state index in [1.54, 1.807) is 0 Å². The van der Waals surface area contributed by atoms with Gasteiger partial charge in [-0.2, -0.15) is 0 Å². The van der Waals surface area contributed by atoms with Crippen molar-refractivity contribution in [1.82, 2.24) is 5.32 Å². The summed E-state index contributed by atoms with van der Waals surface area (Å²) in [6, 6.07) is 11.5. The highest BCUT2D eigenvalue weighted by Gasteiger charge is 2.13. The van der Waals surface area contributed by atoms with Crippen molar-refractivity contribution in [3.8, 4) is 11.5 Å². The van der Waals surface area contributed by atoms with Crippen molar-refractivity contribution in [3.05, 3.63) is 57.6 Å². The first-order valence-electron chi connectivity index (χ1n) is 10.2. The van der Waals surface area contributed by atoms with Gasteiger partial charge in [0.25, 0.3) is 0 Å². The molecule has 160 valence electrons. The summed E-state index contributed by atoms with van der Waals surface area (Å²) in [6.45, 7) is 8.25. The van der Waals surface area contributed by atoms with Gasteiger partial charge < -0.3 is 19.5 Å². The molecule has 2 aromatic rings. The summed E-state index contributed by atoms with van der Waals surface area (Å²) >= 11 is 12.5. The van der Waals surface area contributed by atoms with Crippen molar-refractivity contribution in [1.29, 1.82) is 0 Å². The van der Waals surface area contributed by atoms with Crippen LogP contribution in [0.1, 0.15) is 44.2 Å². The monoisotopic (exact) mass is 439 g/mol. The maximum Gasteiger partial charge on any atom is 0.180 e. The summed E-state index contributed by atoms with van der Waals surface area (Å²) in [4.78, 5) is 0. The van der Waals surface area contributed by atoms with E-state index in [4.69, 9.17) is 37.4 Å². The van der Waals surface area contributed by atoms with E-state index >= 15 is 0 Å². The van der Waals surface area contributed by atoms with E-state index in [2.05, 4.69) is 12.2 Å².